The van der Waals surface area contributed by atoms with Crippen molar-refractivity contribution in [2.75, 3.05) is 0 Å². The van der Waals surface area contributed by atoms with Gasteiger partial charge in [0.05, 0.1) is 0 Å². The molecule has 0 saturated carbocycles. The van der Waals surface area contributed by atoms with E-state index in [1.165, 1.54) is 109 Å². The number of hydrogen-bond acceptors (Lipinski definition) is 0. The molecule has 0 aromatic heterocycles. The summed E-state index contributed by atoms with van der Waals surface area (Å²) in [5, 5.41) is 0. The molecule has 0 fully saturated rings. The lowest BCUT2D eigenvalue weighted by Crippen LogP contribution is -1.97. The number of hydrogen-bond donors (Lipinski definition) is 0. The van der Waals surface area contributed by atoms with Crippen LogP contribution < -0.4 is 0 Å². The van der Waals surface area contributed by atoms with E-state index >= 15 is 0 Å². The highest BCUT2D eigenvalue weighted by atomic mass is 79.9. The smallest absolute Gasteiger partial charge is 0.0412 e. The average Bonchev–Trinajstić information content (AvgIpc) is 2.46. The molecule has 0 amide bonds. The Bertz CT molecular complexity index is 183. The number of unbranched alkanes of at least 4 members (excludes halogenated alkanes) is 15. The van der Waals surface area contributed by atoms with E-state index in [1.54, 1.807) is 0 Å². The van der Waals surface area contributed by atoms with Gasteiger partial charge < -0.3 is 0 Å². The van der Waals surface area contributed by atoms with Crippen LogP contribution in [0.15, 0.2) is 0 Å². The predicted molar refractivity (Wildman–Crippen MR) is 112 cm³/mol. The van der Waals surface area contributed by atoms with Crippen LogP contribution in [0, 0.1) is 0 Å². The van der Waals surface area contributed by atoms with E-state index < -0.39 is 0 Å². The van der Waals surface area contributed by atoms with Crippen LogP contribution in [0.25, 0.3) is 0 Å². The lowest BCUT2D eigenvalue weighted by atomic mass is 10.0. The maximum Gasteiger partial charge on any atom is 0.0412 e. The fourth-order valence-electron chi connectivity index (χ4n) is 3.03. The Morgan fingerprint density at radius 2 is 0.727 bits per heavy atom. The fraction of sp³-hybridized carbons (Fsp3) is 1.00. The second-order valence-electron chi connectivity index (χ2n) is 7.26. The first-order chi connectivity index (χ1) is 10.3. The van der Waals surface area contributed by atoms with Crippen molar-refractivity contribution in [2.45, 2.75) is 129 Å². The zero-order valence-electron chi connectivity index (χ0n) is 15.9. The molecule has 1 radical (unpaired) electrons. The highest BCUT2D eigenvalue weighted by Crippen LogP contribution is 2.14. The molecule has 0 spiro atoms. The van der Waals surface area contributed by atoms with Gasteiger partial charge in [-0.2, -0.15) is 0 Å². The maximum atomic E-state index is 2.44. The van der Waals surface area contributed by atoms with Crippen molar-refractivity contribution in [1.82, 2.24) is 0 Å². The second-order valence-corrected chi connectivity index (χ2v) is 10.2. The van der Waals surface area contributed by atoms with E-state index in [0.29, 0.717) is 0 Å². The zero-order valence-corrected chi connectivity index (χ0v) is 18.6. The summed E-state index contributed by atoms with van der Waals surface area (Å²) in [6, 6.07) is 1.53. The molecule has 0 atom stereocenters. The van der Waals surface area contributed by atoms with Gasteiger partial charge in [0, 0.05) is 8.80 Å². The van der Waals surface area contributed by atoms with Crippen LogP contribution in [-0.2, 0) is 0 Å². The minimum absolute atomic E-state index is 0. The van der Waals surface area contributed by atoms with E-state index in [9.17, 15) is 0 Å². The molecule has 0 aliphatic heterocycles. The maximum absolute atomic E-state index is 2.44. The standard InChI is InChI=1S/C20H43Si.BrH/c1-4-5-6-7-8-9-10-11-12-13-14-15-16-17-18-19-20-21(2)3;/h4-20H2,1-3H3;1H. The molecule has 0 aliphatic rings. The molecule has 0 aliphatic carbocycles. The molecule has 0 saturated heterocycles. The van der Waals surface area contributed by atoms with Crippen LogP contribution in [0.1, 0.15) is 110 Å². The normalized spacial score (nSPS) is 10.9. The van der Waals surface area contributed by atoms with E-state index in [2.05, 4.69) is 20.0 Å². The molecule has 0 unspecified atom stereocenters. The molecular formula is C20H44BrSi. The first-order valence-electron chi connectivity index (χ1n) is 10.1. The van der Waals surface area contributed by atoms with E-state index in [1.807, 2.05) is 0 Å². The SMILES string of the molecule is Br.CCCCCCCCCCCCCCCCCC[Si](C)C. The van der Waals surface area contributed by atoms with Crippen LogP contribution in [0.2, 0.25) is 19.1 Å². The van der Waals surface area contributed by atoms with Crippen LogP contribution in [0.3, 0.4) is 0 Å². The molecule has 22 heavy (non-hydrogen) atoms. The lowest BCUT2D eigenvalue weighted by Gasteiger charge is -2.04. The predicted octanol–water partition coefficient (Wildman–Crippen LogP) is 8.58. The van der Waals surface area contributed by atoms with Crippen molar-refractivity contribution in [3.8, 4) is 0 Å². The molecule has 0 nitrogen and oxygen atoms in total. The Hall–Kier alpha value is 0.697. The first-order valence-corrected chi connectivity index (χ1v) is 12.8. The minimum Gasteiger partial charge on any atom is -0.114 e. The Morgan fingerprint density at radius 1 is 0.455 bits per heavy atom. The van der Waals surface area contributed by atoms with Crippen LogP contribution in [-0.4, -0.2) is 8.80 Å². The highest BCUT2D eigenvalue weighted by Gasteiger charge is 1.96. The number of halogens is 1. The van der Waals surface area contributed by atoms with E-state index in [0.717, 1.165) is 0 Å². The summed E-state index contributed by atoms with van der Waals surface area (Å²) in [6.45, 7) is 7.18. The molecular weight excluding hydrogens is 348 g/mol. The molecule has 135 valence electrons. The summed E-state index contributed by atoms with van der Waals surface area (Å²) in [5.74, 6) is 0. The van der Waals surface area contributed by atoms with Crippen molar-refractivity contribution in [3.63, 3.8) is 0 Å². The summed E-state index contributed by atoms with van der Waals surface area (Å²) in [5.41, 5.74) is 0. The van der Waals surface area contributed by atoms with Crippen molar-refractivity contribution in [1.29, 1.82) is 0 Å². The van der Waals surface area contributed by atoms with E-state index in [-0.39, 0.29) is 25.8 Å². The third-order valence-electron chi connectivity index (χ3n) is 4.53. The van der Waals surface area contributed by atoms with E-state index in [4.69, 9.17) is 0 Å². The van der Waals surface area contributed by atoms with Gasteiger partial charge in [0.25, 0.3) is 0 Å². The van der Waals surface area contributed by atoms with Gasteiger partial charge >= 0.3 is 0 Å². The van der Waals surface area contributed by atoms with Gasteiger partial charge in [0.2, 0.25) is 0 Å². The Balaban J connectivity index is 0. The average molecular weight is 393 g/mol. The second kappa shape index (κ2) is 21.7. The third kappa shape index (κ3) is 23.0. The fourth-order valence-corrected chi connectivity index (χ4v) is 3.98. The Kier molecular flexibility index (Phi) is 24.6. The monoisotopic (exact) mass is 391 g/mol. The summed E-state index contributed by atoms with van der Waals surface area (Å²) in [6.07, 6.45) is 23.7. The number of rotatable bonds is 17. The molecule has 0 bridgehead atoms. The summed E-state index contributed by atoms with van der Waals surface area (Å²) in [4.78, 5) is 0. The van der Waals surface area contributed by atoms with Crippen molar-refractivity contribution < 1.29 is 0 Å². The molecule has 2 heteroatoms. The van der Waals surface area contributed by atoms with Gasteiger partial charge in [0.15, 0.2) is 0 Å². The molecule has 0 aromatic rings. The molecule has 0 N–H and O–H groups in total. The van der Waals surface area contributed by atoms with Gasteiger partial charge in [-0.15, -0.1) is 17.0 Å². The van der Waals surface area contributed by atoms with Gasteiger partial charge in [-0.3, -0.25) is 0 Å². The van der Waals surface area contributed by atoms with Gasteiger partial charge in [-0.05, 0) is 0 Å². The molecule has 0 heterocycles. The van der Waals surface area contributed by atoms with Crippen molar-refractivity contribution in [2.24, 2.45) is 0 Å². The molecule has 0 aromatic carbocycles. The van der Waals surface area contributed by atoms with Crippen LogP contribution >= 0.6 is 17.0 Å². The van der Waals surface area contributed by atoms with Gasteiger partial charge in [-0.1, -0.05) is 129 Å². The van der Waals surface area contributed by atoms with Gasteiger partial charge in [-0.25, -0.2) is 0 Å². The summed E-state index contributed by atoms with van der Waals surface area (Å²) >= 11 is 0. The quantitative estimate of drug-likeness (QED) is 0.172. The Morgan fingerprint density at radius 3 is 1.00 bits per heavy atom. The topological polar surface area (TPSA) is 0 Å². The van der Waals surface area contributed by atoms with Crippen LogP contribution in [0.5, 0.6) is 0 Å². The molecule has 0 rings (SSSR count). The first kappa shape index (κ1) is 24.9. The van der Waals surface area contributed by atoms with Crippen molar-refractivity contribution in [3.05, 3.63) is 0 Å². The summed E-state index contributed by atoms with van der Waals surface area (Å²) in [7, 11) is 0.0467. The third-order valence-corrected chi connectivity index (χ3v) is 5.88. The zero-order chi connectivity index (χ0) is 15.6. The highest BCUT2D eigenvalue weighted by molar-refractivity contribution is 8.93. The van der Waals surface area contributed by atoms with Crippen LogP contribution in [0.4, 0.5) is 0 Å². The Labute approximate surface area is 154 Å². The van der Waals surface area contributed by atoms with Gasteiger partial charge in [0.1, 0.15) is 0 Å². The lowest BCUT2D eigenvalue weighted by molar-refractivity contribution is 0.531. The summed E-state index contributed by atoms with van der Waals surface area (Å²) < 4.78 is 0. The largest absolute Gasteiger partial charge is 0.114 e. The van der Waals surface area contributed by atoms with Crippen molar-refractivity contribution >= 4 is 25.8 Å². The minimum atomic E-state index is 0.